The molecule has 2 aromatic carbocycles. The monoisotopic (exact) mass is 503 g/mol. The number of ketones is 1. The average Bonchev–Trinajstić information content (AvgIpc) is 3.56. The van der Waals surface area contributed by atoms with Crippen molar-refractivity contribution in [1.29, 1.82) is 5.26 Å². The van der Waals surface area contributed by atoms with Crippen LogP contribution in [0.2, 0.25) is 0 Å². The molecule has 4 aromatic rings. The number of aryl methyl sites for hydroxylation is 1. The van der Waals surface area contributed by atoms with Crippen LogP contribution in [0.25, 0.3) is 22.1 Å². The second kappa shape index (κ2) is 9.64. The van der Waals surface area contributed by atoms with Crippen molar-refractivity contribution in [2.24, 2.45) is 0 Å². The number of halogens is 1. The van der Waals surface area contributed by atoms with Gasteiger partial charge in [0.25, 0.3) is 10.0 Å². The smallest absolute Gasteiger partial charge is 0.277 e. The Labute approximate surface area is 207 Å². The van der Waals surface area contributed by atoms with Gasteiger partial charge in [0, 0.05) is 42.4 Å². The first kappa shape index (κ1) is 23.9. The summed E-state index contributed by atoms with van der Waals surface area (Å²) in [5.41, 5.74) is 3.35. The maximum atomic E-state index is 13.5. The van der Waals surface area contributed by atoms with Gasteiger partial charge in [-0.1, -0.05) is 24.3 Å². The molecule has 3 heterocycles. The van der Waals surface area contributed by atoms with E-state index in [0.717, 1.165) is 16.7 Å². The molecule has 1 aliphatic heterocycles. The minimum absolute atomic E-state index is 0.156. The second-order valence-corrected chi connectivity index (χ2v) is 10.6. The van der Waals surface area contributed by atoms with Crippen molar-refractivity contribution < 1.29 is 22.0 Å². The Kier molecular flexibility index (Phi) is 6.39. The van der Waals surface area contributed by atoms with Crippen molar-refractivity contribution in [3.63, 3.8) is 0 Å². The van der Waals surface area contributed by atoms with Gasteiger partial charge in [0.05, 0.1) is 11.6 Å². The molecule has 1 fully saturated rings. The number of carbonyl (C=O) groups is 1. The zero-order chi connectivity index (χ0) is 25.3. The van der Waals surface area contributed by atoms with Gasteiger partial charge in [-0.15, -0.1) is 0 Å². The summed E-state index contributed by atoms with van der Waals surface area (Å²) < 4.78 is 46.8. The van der Waals surface area contributed by atoms with Crippen molar-refractivity contribution in [1.82, 2.24) is 9.29 Å². The molecule has 1 atom stereocenters. The van der Waals surface area contributed by atoms with Crippen molar-refractivity contribution in [2.45, 2.75) is 36.8 Å². The Bertz CT molecular complexity index is 1610. The van der Waals surface area contributed by atoms with E-state index >= 15 is 0 Å². The number of nitriles is 1. The van der Waals surface area contributed by atoms with Crippen LogP contribution in [-0.2, 0) is 21.2 Å². The van der Waals surface area contributed by atoms with Crippen LogP contribution in [-0.4, -0.2) is 36.1 Å². The molecule has 2 aromatic heterocycles. The number of benzene rings is 2. The first-order chi connectivity index (χ1) is 17.3. The number of hydrogen-bond donors (Lipinski definition) is 0. The molecule has 0 saturated carbocycles. The summed E-state index contributed by atoms with van der Waals surface area (Å²) in [5.74, 6) is -0.642. The van der Waals surface area contributed by atoms with E-state index in [0.29, 0.717) is 30.2 Å². The third-order valence-electron chi connectivity index (χ3n) is 6.38. The highest BCUT2D eigenvalue weighted by Crippen LogP contribution is 2.31. The van der Waals surface area contributed by atoms with E-state index in [9.17, 15) is 17.6 Å². The third kappa shape index (κ3) is 4.65. The Morgan fingerprint density at radius 3 is 2.83 bits per heavy atom. The van der Waals surface area contributed by atoms with Gasteiger partial charge in [0.15, 0.2) is 5.78 Å². The molecule has 9 heteroatoms. The summed E-state index contributed by atoms with van der Waals surface area (Å²) in [6, 6.07) is 15.8. The minimum Gasteiger partial charge on any atom is -0.443 e. The Balaban J connectivity index is 1.31. The molecule has 0 unspecified atom stereocenters. The van der Waals surface area contributed by atoms with Gasteiger partial charge in [-0.2, -0.15) is 9.57 Å². The largest absolute Gasteiger partial charge is 0.443 e. The van der Waals surface area contributed by atoms with E-state index in [1.54, 1.807) is 12.3 Å². The molecule has 1 saturated heterocycles. The lowest BCUT2D eigenvalue weighted by molar-refractivity contribution is -0.122. The fourth-order valence-corrected chi connectivity index (χ4v) is 6.21. The lowest BCUT2D eigenvalue weighted by Gasteiger charge is -2.21. The normalized spacial score (nSPS) is 16.3. The van der Waals surface area contributed by atoms with Gasteiger partial charge >= 0.3 is 0 Å². The molecule has 36 heavy (non-hydrogen) atoms. The highest BCUT2D eigenvalue weighted by Gasteiger charge is 2.40. The fourth-order valence-electron chi connectivity index (χ4n) is 4.58. The van der Waals surface area contributed by atoms with Crippen LogP contribution in [0.4, 0.5) is 4.39 Å². The van der Waals surface area contributed by atoms with Crippen LogP contribution in [0.5, 0.6) is 0 Å². The zero-order valence-corrected chi connectivity index (χ0v) is 20.0. The summed E-state index contributed by atoms with van der Waals surface area (Å²) in [6.45, 7) is 0.224. The lowest BCUT2D eigenvalue weighted by Crippen LogP contribution is -2.40. The SMILES string of the molecule is N#Cc1cncc(-c2cccc(CCC(=O)[C@@H]3CCCN3S(=O)(=O)c3cc4cc(F)ccc4o3)c2)c1. The van der Waals surface area contributed by atoms with Crippen LogP contribution in [0.15, 0.2) is 76.5 Å². The van der Waals surface area contributed by atoms with Crippen LogP contribution >= 0.6 is 0 Å². The predicted molar refractivity (Wildman–Crippen MR) is 131 cm³/mol. The molecule has 0 aliphatic carbocycles. The molecular formula is C27H22FN3O4S. The minimum atomic E-state index is -4.05. The van der Waals surface area contributed by atoms with Crippen molar-refractivity contribution in [2.75, 3.05) is 6.54 Å². The Hall–Kier alpha value is -3.87. The van der Waals surface area contributed by atoms with Crippen LogP contribution in [0.3, 0.4) is 0 Å². The van der Waals surface area contributed by atoms with Gasteiger partial charge in [0.1, 0.15) is 17.5 Å². The van der Waals surface area contributed by atoms with Crippen molar-refractivity contribution in [3.8, 4) is 17.2 Å². The summed E-state index contributed by atoms with van der Waals surface area (Å²) >= 11 is 0. The molecule has 5 rings (SSSR count). The summed E-state index contributed by atoms with van der Waals surface area (Å²) in [6.07, 6.45) is 4.83. The molecular weight excluding hydrogens is 481 g/mol. The number of carbonyl (C=O) groups excluding carboxylic acids is 1. The Morgan fingerprint density at radius 1 is 1.14 bits per heavy atom. The summed E-state index contributed by atoms with van der Waals surface area (Å²) in [4.78, 5) is 17.2. The molecule has 0 radical (unpaired) electrons. The number of nitrogens with zero attached hydrogens (tertiary/aromatic N) is 3. The topological polar surface area (TPSA) is 104 Å². The summed E-state index contributed by atoms with van der Waals surface area (Å²) in [7, 11) is -4.05. The third-order valence-corrected chi connectivity index (χ3v) is 8.15. The van der Waals surface area contributed by atoms with E-state index in [2.05, 4.69) is 11.1 Å². The van der Waals surface area contributed by atoms with E-state index in [-0.39, 0.29) is 29.4 Å². The maximum Gasteiger partial charge on any atom is 0.277 e. The number of fused-ring (bicyclic) bond motifs is 1. The quantitative estimate of drug-likeness (QED) is 0.357. The number of pyridine rings is 1. The molecule has 0 spiro atoms. The maximum absolute atomic E-state index is 13.5. The number of furan rings is 1. The predicted octanol–water partition coefficient (Wildman–Crippen LogP) is 4.86. The number of hydrogen-bond acceptors (Lipinski definition) is 6. The fraction of sp³-hybridized carbons (Fsp3) is 0.222. The van der Waals surface area contributed by atoms with Crippen molar-refractivity contribution >= 4 is 26.8 Å². The van der Waals surface area contributed by atoms with Crippen LogP contribution in [0.1, 0.15) is 30.4 Å². The first-order valence-corrected chi connectivity index (χ1v) is 13.0. The molecule has 182 valence electrons. The number of sulfonamides is 1. The standard InChI is InChI=1S/C27H22FN3O4S/c28-23-7-9-26-21(13-23)14-27(35-26)36(33,34)31-10-2-5-24(31)25(32)8-6-18-3-1-4-20(11-18)22-12-19(15-29)16-30-17-22/h1,3-4,7,9,11-14,16-17,24H,2,5-6,8,10H2/t24-/m0/s1. The summed E-state index contributed by atoms with van der Waals surface area (Å²) in [5, 5.41) is 9.18. The zero-order valence-electron chi connectivity index (χ0n) is 19.2. The number of rotatable bonds is 7. The van der Waals surface area contributed by atoms with E-state index in [1.807, 2.05) is 24.3 Å². The van der Waals surface area contributed by atoms with Gasteiger partial charge < -0.3 is 4.42 Å². The highest BCUT2D eigenvalue weighted by molar-refractivity contribution is 7.89. The van der Waals surface area contributed by atoms with E-state index in [1.165, 1.54) is 34.8 Å². The number of aromatic nitrogens is 1. The molecule has 0 bridgehead atoms. The van der Waals surface area contributed by atoms with Gasteiger partial charge in [-0.25, -0.2) is 12.8 Å². The molecule has 1 aliphatic rings. The van der Waals surface area contributed by atoms with Gasteiger partial charge in [-0.3, -0.25) is 9.78 Å². The molecule has 7 nitrogen and oxygen atoms in total. The Morgan fingerprint density at radius 2 is 2.00 bits per heavy atom. The first-order valence-electron chi connectivity index (χ1n) is 11.5. The van der Waals surface area contributed by atoms with Crippen molar-refractivity contribution in [3.05, 3.63) is 83.9 Å². The lowest BCUT2D eigenvalue weighted by atomic mass is 9.99. The van der Waals surface area contributed by atoms with E-state index in [4.69, 9.17) is 9.68 Å². The molecule has 0 N–H and O–H groups in total. The van der Waals surface area contributed by atoms with Gasteiger partial charge in [0.2, 0.25) is 5.09 Å². The number of Topliss-reactive ketones (excluding diaryl/α,β-unsaturated/α-hetero) is 1. The second-order valence-electron chi connectivity index (χ2n) is 8.76. The van der Waals surface area contributed by atoms with Gasteiger partial charge in [-0.05, 0) is 54.7 Å². The van der Waals surface area contributed by atoms with Crippen LogP contribution in [0, 0.1) is 17.1 Å². The highest BCUT2D eigenvalue weighted by atomic mass is 32.2. The van der Waals surface area contributed by atoms with Crippen LogP contribution < -0.4 is 0 Å². The van der Waals surface area contributed by atoms with E-state index < -0.39 is 21.9 Å². The average molecular weight is 504 g/mol. The molecule has 0 amide bonds.